The summed E-state index contributed by atoms with van der Waals surface area (Å²) in [5, 5.41) is 64.3. The fourth-order valence-electron chi connectivity index (χ4n) is 11.6. The third kappa shape index (κ3) is 15.2. The number of methoxy groups -OCH3 is 3. The fourth-order valence-corrected chi connectivity index (χ4v) is 11.6. The number of carbonyl (C=O) groups excluding carboxylic acids is 4. The topological polar surface area (TPSA) is 280 Å². The van der Waals surface area contributed by atoms with Crippen molar-refractivity contribution in [3.8, 4) is 0 Å². The Balaban J connectivity index is 0.000000378. The van der Waals surface area contributed by atoms with Crippen LogP contribution in [0.15, 0.2) is 66.8 Å². The molecule has 438 valence electrons. The van der Waals surface area contributed by atoms with Gasteiger partial charge in [0.25, 0.3) is 11.7 Å². The molecule has 3 aliphatic heterocycles. The van der Waals surface area contributed by atoms with Gasteiger partial charge in [0.2, 0.25) is 5.79 Å². The normalized spacial score (nSPS) is 33.8. The quantitative estimate of drug-likeness (QED) is 0.102. The van der Waals surface area contributed by atoms with E-state index < -0.39 is 113 Å². The van der Waals surface area contributed by atoms with Gasteiger partial charge in [0.15, 0.2) is 0 Å². The second-order valence-electron chi connectivity index (χ2n) is 22.0. The minimum atomic E-state index is -2.57. The number of amides is 1. The van der Waals surface area contributed by atoms with E-state index in [4.69, 9.17) is 23.7 Å². The molecule has 5 heterocycles. The van der Waals surface area contributed by atoms with Gasteiger partial charge in [-0.1, -0.05) is 45.9 Å². The lowest BCUT2D eigenvalue weighted by Crippen LogP contribution is -2.64. The van der Waals surface area contributed by atoms with Gasteiger partial charge in [-0.3, -0.25) is 14.4 Å². The molecule has 3 fully saturated rings. The van der Waals surface area contributed by atoms with E-state index in [2.05, 4.69) is 20.2 Å². The third-order valence-corrected chi connectivity index (χ3v) is 16.4. The van der Waals surface area contributed by atoms with Gasteiger partial charge in [0.05, 0.1) is 49.7 Å². The molecule has 1 aromatic carbocycles. The number of Topliss-reactive ketones (excluding diaryl/α,β-unsaturated/α-hetero) is 2. The Hall–Kier alpha value is -5.24. The van der Waals surface area contributed by atoms with Gasteiger partial charge in [0, 0.05) is 63.7 Å². The zero-order valence-corrected chi connectivity index (χ0v) is 46.8. The summed E-state index contributed by atoms with van der Waals surface area (Å²) >= 11 is 0. The number of hydrogen-bond acceptors (Lipinski definition) is 18. The largest absolute Gasteiger partial charge is 0.456 e. The summed E-state index contributed by atoms with van der Waals surface area (Å²) in [6, 6.07) is 1.86. The Kier molecular flexibility index (Phi) is 22.3. The Morgan fingerprint density at radius 1 is 0.873 bits per heavy atom. The maximum atomic E-state index is 14.3. The Morgan fingerprint density at radius 3 is 2.09 bits per heavy atom. The molecule has 2 bridgehead atoms. The van der Waals surface area contributed by atoms with E-state index in [1.807, 2.05) is 19.9 Å². The number of hydrogen-bond donors (Lipinski definition) is 5. The number of aromatic nitrogens is 6. The van der Waals surface area contributed by atoms with Gasteiger partial charge in [-0.2, -0.15) is 10.2 Å². The summed E-state index contributed by atoms with van der Waals surface area (Å²) in [5.41, 5.74) is -0.565. The zero-order chi connectivity index (χ0) is 57.9. The number of piperidine rings is 1. The highest BCUT2D eigenvalue weighted by molar-refractivity contribution is 6.39. The average molecular weight is 1110 g/mol. The van der Waals surface area contributed by atoms with Crippen molar-refractivity contribution in [3.63, 3.8) is 0 Å². The maximum Gasteiger partial charge on any atom is 0.329 e. The highest BCUT2D eigenvalue weighted by Gasteiger charge is 2.57. The molecular weight excluding hydrogens is 1030 g/mol. The van der Waals surface area contributed by atoms with Gasteiger partial charge in [0.1, 0.15) is 66.6 Å². The fraction of sp³-hybridized carbons (Fsp3) is 0.679. The number of cyclic esters (lactones) is 1. The minimum Gasteiger partial charge on any atom is -0.456 e. The van der Waals surface area contributed by atoms with Crippen LogP contribution in [0, 0.1) is 41.2 Å². The van der Waals surface area contributed by atoms with Crippen LogP contribution in [0.2, 0.25) is 0 Å². The first kappa shape index (κ1) is 62.9. The number of carbonyl (C=O) groups is 4. The lowest BCUT2D eigenvalue weighted by Gasteiger charge is -2.47. The van der Waals surface area contributed by atoms with E-state index in [-0.39, 0.29) is 68.7 Å². The number of ketones is 2. The summed E-state index contributed by atoms with van der Waals surface area (Å²) in [6.07, 6.45) is 6.02. The molecule has 15 atom stereocenters. The number of rotatable bonds is 11. The monoisotopic (exact) mass is 1110 g/mol. The van der Waals surface area contributed by atoms with Crippen LogP contribution in [0.25, 0.3) is 0 Å². The van der Waals surface area contributed by atoms with E-state index in [1.54, 1.807) is 40.9 Å². The summed E-state index contributed by atoms with van der Waals surface area (Å²) in [5.74, 6) is -10.2. The minimum absolute atomic E-state index is 0.0255. The average Bonchev–Trinajstić information content (AvgIpc) is 4.20. The predicted octanol–water partition coefficient (Wildman–Crippen LogP) is 4.18. The summed E-state index contributed by atoms with van der Waals surface area (Å²) in [7, 11) is 4.49. The van der Waals surface area contributed by atoms with Crippen molar-refractivity contribution in [1.29, 1.82) is 0 Å². The summed E-state index contributed by atoms with van der Waals surface area (Å²) in [4.78, 5) is 65.2. The van der Waals surface area contributed by atoms with Crippen LogP contribution in [0.5, 0.6) is 0 Å². The van der Waals surface area contributed by atoms with Crippen LogP contribution >= 0.6 is 0 Å². The first-order chi connectivity index (χ1) is 37.5. The van der Waals surface area contributed by atoms with Crippen LogP contribution in [-0.2, 0) is 61.6 Å². The number of aliphatic hydroxyl groups excluding tert-OH is 3. The number of allylic oxidation sites excluding steroid dienone is 2. The molecule has 2 aromatic heterocycles. The van der Waals surface area contributed by atoms with Crippen LogP contribution < -0.4 is 0 Å². The van der Waals surface area contributed by atoms with Gasteiger partial charge in [-0.25, -0.2) is 32.9 Å². The van der Waals surface area contributed by atoms with Crippen molar-refractivity contribution >= 4 is 23.4 Å². The third-order valence-electron chi connectivity index (χ3n) is 16.4. The maximum absolute atomic E-state index is 14.3. The van der Waals surface area contributed by atoms with Crippen molar-refractivity contribution in [1.82, 2.24) is 34.4 Å². The number of esters is 1. The number of ether oxygens (including phenoxy) is 5. The van der Waals surface area contributed by atoms with Crippen LogP contribution in [0.3, 0.4) is 0 Å². The number of benzene rings is 1. The van der Waals surface area contributed by atoms with Crippen molar-refractivity contribution in [2.45, 2.75) is 185 Å². The Morgan fingerprint density at radius 2 is 1.51 bits per heavy atom. The number of halogens is 2. The molecule has 3 aromatic rings. The van der Waals surface area contributed by atoms with Gasteiger partial charge < -0.3 is 54.1 Å². The zero-order valence-electron chi connectivity index (χ0n) is 46.8. The first-order valence-corrected chi connectivity index (χ1v) is 27.3. The van der Waals surface area contributed by atoms with Crippen molar-refractivity contribution in [2.24, 2.45) is 29.6 Å². The molecule has 0 unspecified atom stereocenters. The molecule has 4 aliphatic rings. The number of nitrogens with zero attached hydrogens (tertiary/aromatic N) is 7. The molecule has 1 saturated carbocycles. The molecule has 23 heteroatoms. The smallest absolute Gasteiger partial charge is 0.329 e. The molecule has 1 aliphatic carbocycles. The summed E-state index contributed by atoms with van der Waals surface area (Å²) in [6.45, 7) is 10.4. The molecule has 7 rings (SSSR count). The summed E-state index contributed by atoms with van der Waals surface area (Å²) < 4.78 is 59.5. The van der Waals surface area contributed by atoms with Crippen molar-refractivity contribution < 1.29 is 77.2 Å². The molecule has 79 heavy (non-hydrogen) atoms. The van der Waals surface area contributed by atoms with Gasteiger partial charge in [-0.15, -0.1) is 0 Å². The Bertz CT molecular complexity index is 2520. The predicted molar refractivity (Wildman–Crippen MR) is 280 cm³/mol. The van der Waals surface area contributed by atoms with Crippen LogP contribution in [0.4, 0.5) is 8.78 Å². The van der Waals surface area contributed by atoms with Crippen molar-refractivity contribution in [2.75, 3.05) is 27.9 Å². The highest BCUT2D eigenvalue weighted by atomic mass is 19.1. The molecule has 0 spiro atoms. The first-order valence-electron chi connectivity index (χ1n) is 27.3. The SMILES string of the molecule is CC[C@@H]1/C=C(\C)[C@H](O)[C@H](C)C[C@H](OC)[C@H]2O[C@@](O)(C(=O)C(=O)N3CCCC[C@H]3C(=O)O[C@H](/C(C)=C/[C@@H]3CC[C@@H](O)[C@H](OC)C3)[C@H](C)[C@@H](O)CC1=O)[C@H](C)C[C@@H]2OC.OC(Cn1cncn1)(Cn1cncn1)c1ccc(F)cc1F. The second-order valence-corrected chi connectivity index (χ2v) is 22.0. The van der Waals surface area contributed by atoms with E-state index >= 15 is 0 Å². The number of aliphatic hydroxyl groups is 5. The van der Waals surface area contributed by atoms with E-state index in [0.29, 0.717) is 49.7 Å². The molecule has 0 radical (unpaired) electrons. The molecular formula is C56H81F2N7O14. The van der Waals surface area contributed by atoms with E-state index in [9.17, 15) is 53.5 Å². The second kappa shape index (κ2) is 28.0. The highest BCUT2D eigenvalue weighted by Crippen LogP contribution is 2.40. The van der Waals surface area contributed by atoms with E-state index in [0.717, 1.165) is 17.0 Å². The lowest BCUT2D eigenvalue weighted by molar-refractivity contribution is -0.302. The molecule has 21 nitrogen and oxygen atoms in total. The van der Waals surface area contributed by atoms with Crippen LogP contribution in [0.1, 0.15) is 111 Å². The number of fused-ring (bicyclic) bond motifs is 3. The molecule has 2 saturated heterocycles. The Labute approximate surface area is 460 Å². The van der Waals surface area contributed by atoms with Crippen molar-refractivity contribution in [3.05, 3.63) is 84.0 Å². The molecule has 1 amide bonds. The van der Waals surface area contributed by atoms with Gasteiger partial charge >= 0.3 is 5.97 Å². The van der Waals surface area contributed by atoms with Gasteiger partial charge in [-0.05, 0) is 101 Å². The molecule has 5 N–H and O–H groups in total. The standard InChI is InChI=1S/C43H69NO13.C13H12F2N6O/c1-10-29-18-23(2)37(48)24(3)19-35(54-8)39-36(55-9)20-26(5)43(52,57-39)40(49)41(50)44-16-12-11-13-30(44)42(51)56-38(27(6)32(46)22-33(29)47)25(4)17-28-14-15-31(45)34(21-28)53-7;14-10-1-2-11(12(15)3-10)13(22,4-20-8-16-6-18-20)5-21-9-17-7-19-21/h17-18,24,26-32,34-39,45-46,48,52H,10-16,19-22H2,1-9H3;1-3,6-9,22H,4-5H2/b23-18+,25-17+;/t24-,26-,27-,28+,29-,30+,31-,32+,34-,35+,36+,37+,38-,39-,43-;/m1./s1. The lowest BCUT2D eigenvalue weighted by atomic mass is 9.81. The van der Waals surface area contributed by atoms with Crippen LogP contribution in [-0.4, -0.2) is 172 Å². The van der Waals surface area contributed by atoms with E-state index in [1.165, 1.54) is 55.0 Å².